The molecule has 0 aliphatic carbocycles. The highest BCUT2D eigenvalue weighted by Gasteiger charge is 2.28. The summed E-state index contributed by atoms with van der Waals surface area (Å²) < 4.78 is 31.3. The number of fused-ring (bicyclic) bond motifs is 24. The van der Waals surface area contributed by atoms with Gasteiger partial charge in [0, 0.05) is 144 Å². The SMILES string of the molecule is c1ccc(-c2ccc(-c3nc(-c4ccccc4)nc(-c4cc5c(cc4-n4c6ccccc6c6ccccc64)oc4ccccc45)n3)cc2)cc1.c1ccc(-n2c3ccccc3c3cc(-c4cc5c(cc4-n4c6ccccc6c6ccccc64)oc4ccccc45)ccc32)cc1.c1ccc(-n2c3ccccc3c3ccc(-c4cc5c(cc4-n4c6ccccc6c6ccccc64)oc4ccccc45)cc32)cc1. The summed E-state index contributed by atoms with van der Waals surface area (Å²) in [5, 5.41) is 18.8. The van der Waals surface area contributed by atoms with E-state index in [0.29, 0.717) is 17.5 Å². The summed E-state index contributed by atoms with van der Waals surface area (Å²) in [6.07, 6.45) is 0. The maximum Gasteiger partial charge on any atom is 0.166 e. The lowest BCUT2D eigenvalue weighted by atomic mass is 9.98. The number of para-hydroxylation sites is 13. The minimum absolute atomic E-state index is 0.588. The van der Waals surface area contributed by atoms with Crippen molar-refractivity contribution in [2.45, 2.75) is 0 Å². The van der Waals surface area contributed by atoms with E-state index >= 15 is 0 Å². The van der Waals surface area contributed by atoms with Crippen LogP contribution in [-0.4, -0.2) is 37.8 Å². The number of rotatable bonds is 11. The average Bonchev–Trinajstić information content (AvgIpc) is 1.58. The second kappa shape index (κ2) is 32.4. The molecule has 11 heteroatoms. The van der Waals surface area contributed by atoms with E-state index in [2.05, 4.69) is 441 Å². The third kappa shape index (κ3) is 12.9. The van der Waals surface area contributed by atoms with Crippen molar-refractivity contribution >= 4 is 175 Å². The van der Waals surface area contributed by atoms with E-state index in [0.717, 1.165) is 144 Å². The van der Waals surface area contributed by atoms with E-state index < -0.39 is 0 Å². The van der Waals surface area contributed by atoms with Gasteiger partial charge in [-0.15, -0.1) is 0 Å². The summed E-state index contributed by atoms with van der Waals surface area (Å²) in [5.74, 6) is 1.81. The van der Waals surface area contributed by atoms with Crippen LogP contribution in [0.5, 0.6) is 0 Å². The second-order valence-corrected chi connectivity index (χ2v) is 36.0. The third-order valence-electron chi connectivity index (χ3n) is 28.1. The van der Waals surface area contributed by atoms with Gasteiger partial charge in [0.2, 0.25) is 0 Å². The molecule has 0 unspecified atom stereocenters. The Morgan fingerprint density at radius 2 is 0.386 bits per heavy atom. The lowest BCUT2D eigenvalue weighted by Gasteiger charge is -2.15. The maximum absolute atomic E-state index is 6.48. The number of nitrogens with zero attached hydrogens (tertiary/aromatic N) is 8. The molecule has 0 fully saturated rings. The second-order valence-electron chi connectivity index (χ2n) is 36.0. The fraction of sp³-hybridized carbons (Fsp3) is 0. The van der Waals surface area contributed by atoms with Gasteiger partial charge in [0.1, 0.15) is 33.5 Å². The van der Waals surface area contributed by atoms with E-state index in [4.69, 9.17) is 28.2 Å². The molecule has 9 heterocycles. The first kappa shape index (κ1) is 79.6. The Bertz CT molecular complexity index is 10100. The van der Waals surface area contributed by atoms with E-state index in [-0.39, 0.29) is 0 Å². The maximum atomic E-state index is 6.48. The molecule has 0 aliphatic heterocycles. The zero-order chi connectivity index (χ0) is 92.0. The van der Waals surface area contributed by atoms with Crippen LogP contribution in [-0.2, 0) is 0 Å². The summed E-state index contributed by atoms with van der Waals surface area (Å²) >= 11 is 0. The van der Waals surface area contributed by atoms with Gasteiger partial charge in [-0.2, -0.15) is 0 Å². The van der Waals surface area contributed by atoms with Gasteiger partial charge in [-0.3, -0.25) is 0 Å². The van der Waals surface area contributed by atoms with Gasteiger partial charge < -0.3 is 36.1 Å². The van der Waals surface area contributed by atoms with E-state index in [9.17, 15) is 0 Å². The number of hydrogen-bond donors (Lipinski definition) is 0. The molecule has 654 valence electrons. The van der Waals surface area contributed by atoms with Gasteiger partial charge >= 0.3 is 0 Å². The zero-order valence-corrected chi connectivity index (χ0v) is 75.5. The molecule has 21 aromatic carbocycles. The van der Waals surface area contributed by atoms with Crippen molar-refractivity contribution in [3.05, 3.63) is 485 Å². The van der Waals surface area contributed by atoms with Gasteiger partial charge in [0.25, 0.3) is 0 Å². The van der Waals surface area contributed by atoms with Crippen molar-refractivity contribution in [2.75, 3.05) is 0 Å². The highest BCUT2D eigenvalue weighted by atomic mass is 16.3. The van der Waals surface area contributed by atoms with Crippen LogP contribution in [0, 0.1) is 0 Å². The average molecular weight is 1790 g/mol. The van der Waals surface area contributed by atoms with Crippen LogP contribution in [0.25, 0.3) is 271 Å². The molecule has 140 heavy (non-hydrogen) atoms. The van der Waals surface area contributed by atoms with Crippen LogP contribution in [0.4, 0.5) is 0 Å². The predicted molar refractivity (Wildman–Crippen MR) is 579 cm³/mol. The van der Waals surface area contributed by atoms with E-state index in [1.807, 2.05) is 66.7 Å². The Hall–Kier alpha value is -19.0. The fourth-order valence-electron chi connectivity index (χ4n) is 21.8. The summed E-state index contributed by atoms with van der Waals surface area (Å²) in [6, 6.07) is 172. The molecule has 30 rings (SSSR count). The molecule has 0 amide bonds. The fourth-order valence-corrected chi connectivity index (χ4v) is 21.8. The van der Waals surface area contributed by atoms with Crippen molar-refractivity contribution in [1.82, 2.24) is 37.8 Å². The molecular weight excluding hydrogens is 1710 g/mol. The lowest BCUT2D eigenvalue weighted by molar-refractivity contribution is 0.668. The molecule has 0 aliphatic rings. The normalized spacial score (nSPS) is 11.9. The Balaban J connectivity index is 0.000000103. The third-order valence-corrected chi connectivity index (χ3v) is 28.1. The number of aromatic nitrogens is 8. The first-order valence-electron chi connectivity index (χ1n) is 47.4. The molecular formula is C129H80N8O3. The molecule has 11 nitrogen and oxygen atoms in total. The molecule has 0 spiro atoms. The van der Waals surface area contributed by atoms with Crippen LogP contribution in [0.3, 0.4) is 0 Å². The van der Waals surface area contributed by atoms with Crippen molar-refractivity contribution < 1.29 is 13.3 Å². The zero-order valence-electron chi connectivity index (χ0n) is 75.5. The first-order valence-corrected chi connectivity index (χ1v) is 47.4. The minimum atomic E-state index is 0.588. The molecule has 0 N–H and O–H groups in total. The predicted octanol–water partition coefficient (Wildman–Crippen LogP) is 34.4. The highest BCUT2D eigenvalue weighted by Crippen LogP contribution is 2.49. The first-order chi connectivity index (χ1) is 69.4. The van der Waals surface area contributed by atoms with Gasteiger partial charge in [-0.25, -0.2) is 15.0 Å². The quantitative estimate of drug-likeness (QED) is 0.128. The molecule has 9 aromatic heterocycles. The van der Waals surface area contributed by atoms with Gasteiger partial charge in [0.15, 0.2) is 17.5 Å². The summed E-state index contributed by atoms with van der Waals surface area (Å²) in [7, 11) is 0. The van der Waals surface area contributed by atoms with Gasteiger partial charge in [-0.05, 0) is 150 Å². The lowest BCUT2D eigenvalue weighted by Crippen LogP contribution is -2.03. The topological polar surface area (TPSA) is 103 Å². The highest BCUT2D eigenvalue weighted by molar-refractivity contribution is 6.19. The molecule has 30 aromatic rings. The Labute approximate surface area is 801 Å². The van der Waals surface area contributed by atoms with Gasteiger partial charge in [0.05, 0.1) is 72.2 Å². The van der Waals surface area contributed by atoms with Crippen molar-refractivity contribution in [3.63, 3.8) is 0 Å². The van der Waals surface area contributed by atoms with Crippen molar-refractivity contribution in [2.24, 2.45) is 0 Å². The van der Waals surface area contributed by atoms with E-state index in [1.165, 1.54) is 109 Å². The molecule has 0 bridgehead atoms. The molecule has 0 saturated carbocycles. The Morgan fingerprint density at radius 1 is 0.136 bits per heavy atom. The number of benzene rings is 21. The van der Waals surface area contributed by atoms with E-state index in [1.54, 1.807) is 0 Å². The van der Waals surface area contributed by atoms with Crippen LogP contribution < -0.4 is 0 Å². The monoisotopic (exact) mass is 1790 g/mol. The van der Waals surface area contributed by atoms with Gasteiger partial charge in [-0.1, -0.05) is 340 Å². The van der Waals surface area contributed by atoms with Crippen molar-refractivity contribution in [1.29, 1.82) is 0 Å². The number of hydrogen-bond acceptors (Lipinski definition) is 6. The summed E-state index contributed by atoms with van der Waals surface area (Å²) in [6.45, 7) is 0. The van der Waals surface area contributed by atoms with Crippen LogP contribution in [0.2, 0.25) is 0 Å². The van der Waals surface area contributed by atoms with Crippen LogP contribution >= 0.6 is 0 Å². The molecule has 0 radical (unpaired) electrons. The Morgan fingerprint density at radius 3 is 0.779 bits per heavy atom. The summed E-state index contributed by atoms with van der Waals surface area (Å²) in [5.41, 5.74) is 32.0. The molecule has 0 atom stereocenters. The summed E-state index contributed by atoms with van der Waals surface area (Å²) in [4.78, 5) is 15.5. The minimum Gasteiger partial charge on any atom is -0.456 e. The van der Waals surface area contributed by atoms with Crippen LogP contribution in [0.1, 0.15) is 0 Å². The van der Waals surface area contributed by atoms with Crippen molar-refractivity contribution in [3.8, 4) is 96.0 Å². The standard InChI is InChI=1S/C45H28N4O.2C42H26N2O/c1-3-13-29(14-4-1)30-23-25-32(26-24-30)44-46-43(31-15-5-2-6-16-31)47-45(48-44)37-27-36-35-19-9-12-22-41(35)50-42(36)28-40(37)49-38-20-10-7-17-33(38)34-18-8-11-21-39(34)49;1-2-12-28(13-3-1)43-36-18-8-6-16-31(36)34-24-27(22-23-39(34)43)33-25-35-32-17-7-11-21-41(32)45-42(35)26-40(33)44-37-19-9-4-14-29(37)30-15-5-10-20-38(30)44;1-2-12-28(13-3-1)43-36-18-8-4-16-31(36)32-23-22-27(24-39(32)43)34-25-35-33-17-7-11-21-41(33)45-42(35)26-40(34)44-37-19-9-5-14-29(37)30-15-6-10-20-38(30)44/h1-28H;2*1-26H. The largest absolute Gasteiger partial charge is 0.456 e. The smallest absolute Gasteiger partial charge is 0.166 e. The Kier molecular flexibility index (Phi) is 18.4. The number of furan rings is 3. The van der Waals surface area contributed by atoms with Crippen LogP contribution in [0.15, 0.2) is 499 Å². The molecule has 0 saturated heterocycles.